The van der Waals surface area contributed by atoms with E-state index in [1.165, 1.54) is 27.1 Å². The van der Waals surface area contributed by atoms with E-state index in [1.54, 1.807) is 12.1 Å². The van der Waals surface area contributed by atoms with E-state index in [2.05, 4.69) is 245 Å². The van der Waals surface area contributed by atoms with E-state index in [0.29, 0.717) is 0 Å². The van der Waals surface area contributed by atoms with Gasteiger partial charge in [0.1, 0.15) is 5.82 Å². The first kappa shape index (κ1) is 39.4. The smallest absolute Gasteiger partial charge is 0.123 e. The van der Waals surface area contributed by atoms with Crippen LogP contribution in [0, 0.1) is 5.82 Å². The predicted octanol–water partition coefficient (Wildman–Crippen LogP) is 17.6. The van der Waals surface area contributed by atoms with Crippen LogP contribution in [0.5, 0.6) is 0 Å². The van der Waals surface area contributed by atoms with E-state index in [9.17, 15) is 4.39 Å². The first-order valence-corrected chi connectivity index (χ1v) is 23.1. The van der Waals surface area contributed by atoms with E-state index in [4.69, 9.17) is 0 Å². The minimum absolute atomic E-state index is 0.263. The fourth-order valence-corrected chi connectivity index (χ4v) is 10.6. The number of fused-ring (bicyclic) bond motifs is 7. The highest BCUT2D eigenvalue weighted by Crippen LogP contribution is 2.48. The van der Waals surface area contributed by atoms with Gasteiger partial charge < -0.3 is 14.0 Å². The number of hydrogen-bond acceptors (Lipinski definition) is 1. The maximum absolute atomic E-state index is 14.6. The Balaban J connectivity index is 1.03. The molecule has 13 rings (SSSR count). The number of para-hydroxylation sites is 2. The summed E-state index contributed by atoms with van der Waals surface area (Å²) < 4.78 is 19.3. The molecule has 3 nitrogen and oxygen atoms in total. The highest BCUT2D eigenvalue weighted by molar-refractivity contribution is 6.20. The van der Waals surface area contributed by atoms with E-state index < -0.39 is 0 Å². The lowest BCUT2D eigenvalue weighted by atomic mass is 9.92. The summed E-state index contributed by atoms with van der Waals surface area (Å²) in [5.74, 6) is -0.263. The molecule has 2 heterocycles. The molecule has 320 valence electrons. The number of hydrogen-bond donors (Lipinski definition) is 0. The number of benzene rings is 11. The lowest BCUT2D eigenvalue weighted by molar-refractivity contribution is 0.627. The quantitative estimate of drug-likeness (QED) is 0.148. The van der Waals surface area contributed by atoms with Crippen LogP contribution in [0.15, 0.2) is 255 Å². The van der Waals surface area contributed by atoms with Crippen LogP contribution in [0.1, 0.15) is 0 Å². The zero-order valence-electron chi connectivity index (χ0n) is 37.0. The van der Waals surface area contributed by atoms with Gasteiger partial charge in [-0.3, -0.25) is 0 Å². The SMILES string of the molecule is Fc1ccc(-n2c(-c3ccccc3)c(-c3ccccc3)c3cc(-c4ccc(N(c5ccc6c(c5)c5ccccc5n6-c5ccccc5)c5cccc6ccccc56)cc4)c4ccccc4c32)cc1. The normalized spacial score (nSPS) is 11.6. The van der Waals surface area contributed by atoms with Gasteiger partial charge in [-0.25, -0.2) is 4.39 Å². The molecule has 0 amide bonds. The molecular formula is C64H42FN3. The van der Waals surface area contributed by atoms with Crippen molar-refractivity contribution in [3.8, 4) is 44.9 Å². The van der Waals surface area contributed by atoms with Gasteiger partial charge >= 0.3 is 0 Å². The molecule has 0 unspecified atom stereocenters. The minimum atomic E-state index is -0.263. The highest BCUT2D eigenvalue weighted by atomic mass is 19.1. The van der Waals surface area contributed by atoms with Crippen molar-refractivity contribution >= 4 is 71.3 Å². The second-order valence-corrected chi connectivity index (χ2v) is 17.4. The Kier molecular flexibility index (Phi) is 9.36. The minimum Gasteiger partial charge on any atom is -0.310 e. The van der Waals surface area contributed by atoms with Crippen molar-refractivity contribution in [3.63, 3.8) is 0 Å². The molecule has 0 radical (unpaired) electrons. The summed E-state index contributed by atoms with van der Waals surface area (Å²) in [6.45, 7) is 0. The molecule has 0 aliphatic heterocycles. The van der Waals surface area contributed by atoms with Crippen LogP contribution < -0.4 is 4.90 Å². The van der Waals surface area contributed by atoms with Crippen LogP contribution in [-0.4, -0.2) is 9.13 Å². The summed E-state index contributed by atoms with van der Waals surface area (Å²) in [6, 6.07) is 89.7. The van der Waals surface area contributed by atoms with Crippen molar-refractivity contribution < 1.29 is 4.39 Å². The van der Waals surface area contributed by atoms with Crippen LogP contribution in [0.3, 0.4) is 0 Å². The lowest BCUT2D eigenvalue weighted by Crippen LogP contribution is -2.10. The first-order chi connectivity index (χ1) is 33.7. The largest absolute Gasteiger partial charge is 0.310 e. The molecule has 2 aromatic heterocycles. The van der Waals surface area contributed by atoms with Crippen LogP contribution >= 0.6 is 0 Å². The second-order valence-electron chi connectivity index (χ2n) is 17.4. The number of nitrogens with zero attached hydrogens (tertiary/aromatic N) is 3. The molecule has 13 aromatic rings. The van der Waals surface area contributed by atoms with Gasteiger partial charge in [0.15, 0.2) is 0 Å². The molecule has 0 aliphatic rings. The number of anilines is 3. The first-order valence-electron chi connectivity index (χ1n) is 23.1. The Bertz CT molecular complexity index is 4000. The van der Waals surface area contributed by atoms with Crippen LogP contribution in [0.4, 0.5) is 21.5 Å². The third kappa shape index (κ3) is 6.41. The molecule has 68 heavy (non-hydrogen) atoms. The Morgan fingerprint density at radius 1 is 0.338 bits per heavy atom. The molecule has 11 aromatic carbocycles. The van der Waals surface area contributed by atoms with E-state index in [-0.39, 0.29) is 5.82 Å². The van der Waals surface area contributed by atoms with Crippen molar-refractivity contribution in [2.75, 3.05) is 4.90 Å². The Morgan fingerprint density at radius 3 is 1.66 bits per heavy atom. The van der Waals surface area contributed by atoms with Gasteiger partial charge in [-0.15, -0.1) is 0 Å². The zero-order valence-corrected chi connectivity index (χ0v) is 37.0. The summed E-state index contributed by atoms with van der Waals surface area (Å²) in [6.07, 6.45) is 0. The summed E-state index contributed by atoms with van der Waals surface area (Å²) in [4.78, 5) is 2.41. The molecule has 0 aliphatic carbocycles. The summed E-state index contributed by atoms with van der Waals surface area (Å²) in [5.41, 5.74) is 15.3. The lowest BCUT2D eigenvalue weighted by Gasteiger charge is -2.27. The van der Waals surface area contributed by atoms with E-state index >= 15 is 0 Å². The maximum Gasteiger partial charge on any atom is 0.123 e. The van der Waals surface area contributed by atoms with E-state index in [1.807, 2.05) is 12.1 Å². The Hall–Kier alpha value is -8.99. The van der Waals surface area contributed by atoms with Crippen molar-refractivity contribution in [1.29, 1.82) is 0 Å². The second kappa shape index (κ2) is 16.2. The van der Waals surface area contributed by atoms with Crippen molar-refractivity contribution in [3.05, 3.63) is 261 Å². The number of rotatable bonds is 8. The fraction of sp³-hybridized carbons (Fsp3) is 0. The molecule has 0 atom stereocenters. The van der Waals surface area contributed by atoms with Gasteiger partial charge in [0.25, 0.3) is 0 Å². The molecule has 0 bridgehead atoms. The molecule has 0 saturated carbocycles. The summed E-state index contributed by atoms with van der Waals surface area (Å²) >= 11 is 0. The van der Waals surface area contributed by atoms with Crippen LogP contribution in [0.25, 0.3) is 99.1 Å². The average molecular weight is 872 g/mol. The zero-order chi connectivity index (χ0) is 45.1. The average Bonchev–Trinajstić information content (AvgIpc) is 3.93. The topological polar surface area (TPSA) is 13.1 Å². The predicted molar refractivity (Wildman–Crippen MR) is 284 cm³/mol. The van der Waals surface area contributed by atoms with Crippen molar-refractivity contribution in [1.82, 2.24) is 9.13 Å². The van der Waals surface area contributed by atoms with Gasteiger partial charge in [0.05, 0.1) is 27.9 Å². The van der Waals surface area contributed by atoms with Gasteiger partial charge in [-0.05, 0) is 118 Å². The van der Waals surface area contributed by atoms with Gasteiger partial charge in [-0.1, -0.05) is 170 Å². The Morgan fingerprint density at radius 2 is 0.912 bits per heavy atom. The highest BCUT2D eigenvalue weighted by Gasteiger charge is 2.25. The van der Waals surface area contributed by atoms with Gasteiger partial charge in [0, 0.05) is 55.2 Å². The third-order valence-corrected chi connectivity index (χ3v) is 13.5. The summed E-state index contributed by atoms with van der Waals surface area (Å²) in [7, 11) is 0. The molecule has 0 fully saturated rings. The Labute approximate surface area is 393 Å². The molecule has 0 saturated heterocycles. The molecule has 0 N–H and O–H groups in total. The van der Waals surface area contributed by atoms with Crippen LogP contribution in [-0.2, 0) is 0 Å². The maximum atomic E-state index is 14.6. The monoisotopic (exact) mass is 871 g/mol. The van der Waals surface area contributed by atoms with Gasteiger partial charge in [-0.2, -0.15) is 0 Å². The molecule has 0 spiro atoms. The molecular weight excluding hydrogens is 830 g/mol. The van der Waals surface area contributed by atoms with Crippen molar-refractivity contribution in [2.24, 2.45) is 0 Å². The summed E-state index contributed by atoms with van der Waals surface area (Å²) in [5, 5.41) is 8.15. The van der Waals surface area contributed by atoms with Crippen LogP contribution in [0.2, 0.25) is 0 Å². The van der Waals surface area contributed by atoms with Gasteiger partial charge in [0.2, 0.25) is 0 Å². The molecule has 4 heteroatoms. The van der Waals surface area contributed by atoms with Crippen molar-refractivity contribution in [2.45, 2.75) is 0 Å². The van der Waals surface area contributed by atoms with E-state index in [0.717, 1.165) is 89.1 Å². The fourth-order valence-electron chi connectivity index (χ4n) is 10.6. The standard InChI is InChI=1S/C64H42FN3/c65-47-33-37-50(38-34-47)68-63(46-20-6-2-7-21-46)62(45-18-4-1-5-19-45)58-42-56(53-26-12-13-28-55(53)64(58)68)44-31-35-49(36-32-44)66(59-30-16-22-43-17-10-11-25-52(43)59)51-39-40-61-57(41-51)54-27-14-15-29-60(54)67(61)48-23-8-3-9-24-48/h1-42H. The number of halogens is 1. The third-order valence-electron chi connectivity index (χ3n) is 13.5. The number of aromatic nitrogens is 2.